The number of piperidine rings is 1. The second-order valence-corrected chi connectivity index (χ2v) is 22.4. The zero-order valence-corrected chi connectivity index (χ0v) is 48.8. The van der Waals surface area contributed by atoms with Gasteiger partial charge in [0.2, 0.25) is 0 Å². The Morgan fingerprint density at radius 3 is 1.47 bits per heavy atom. The fourth-order valence-corrected chi connectivity index (χ4v) is 7.37. The molecule has 2 atom stereocenters. The summed E-state index contributed by atoms with van der Waals surface area (Å²) in [6.45, 7) is 30.6. The van der Waals surface area contributed by atoms with E-state index in [1.165, 1.54) is 18.1 Å². The van der Waals surface area contributed by atoms with Gasteiger partial charge in [-0.1, -0.05) is 68.3 Å². The van der Waals surface area contributed by atoms with Crippen molar-refractivity contribution in [1.82, 2.24) is 19.8 Å². The second-order valence-electron chi connectivity index (χ2n) is 22.0. The average Bonchev–Trinajstić information content (AvgIpc) is 3.81. The van der Waals surface area contributed by atoms with E-state index in [0.29, 0.717) is 58.1 Å². The molecule has 0 saturated carbocycles. The first kappa shape index (κ1) is 64.9. The van der Waals surface area contributed by atoms with Crippen LogP contribution in [0.2, 0.25) is 5.15 Å². The second kappa shape index (κ2) is 29.8. The molecule has 14 nitrogen and oxygen atoms in total. The first-order chi connectivity index (χ1) is 32.9. The van der Waals surface area contributed by atoms with E-state index in [0.717, 1.165) is 49.9 Å². The van der Waals surface area contributed by atoms with Gasteiger partial charge in [0.1, 0.15) is 11.2 Å². The number of aromatic nitrogens is 2. The summed E-state index contributed by atoms with van der Waals surface area (Å²) in [5, 5.41) is 10.0. The summed E-state index contributed by atoms with van der Waals surface area (Å²) in [6.07, 6.45) is 9.28. The van der Waals surface area contributed by atoms with Crippen molar-refractivity contribution in [3.8, 4) is 0 Å². The molecule has 400 valence electrons. The van der Waals surface area contributed by atoms with Gasteiger partial charge in [-0.2, -0.15) is 0 Å². The van der Waals surface area contributed by atoms with Crippen molar-refractivity contribution < 1.29 is 81.5 Å². The van der Waals surface area contributed by atoms with E-state index in [-0.39, 0.29) is 70.5 Å². The molecule has 18 heteroatoms. The van der Waals surface area contributed by atoms with Gasteiger partial charge in [0.15, 0.2) is 34.2 Å². The Bertz CT molecular complexity index is 2070. The molecule has 6 heterocycles. The summed E-state index contributed by atoms with van der Waals surface area (Å²) in [7, 11) is 0. The van der Waals surface area contributed by atoms with Crippen LogP contribution in [0.1, 0.15) is 139 Å². The molecule has 0 N–H and O–H groups in total. The van der Waals surface area contributed by atoms with Gasteiger partial charge in [-0.3, -0.25) is 0 Å². The van der Waals surface area contributed by atoms with Crippen molar-refractivity contribution in [2.45, 2.75) is 182 Å². The van der Waals surface area contributed by atoms with Gasteiger partial charge in [-0.25, -0.2) is 28.3 Å². The number of hydrogen-bond donors (Lipinski definition) is 0. The van der Waals surface area contributed by atoms with Gasteiger partial charge in [0.25, 0.3) is 0 Å². The van der Waals surface area contributed by atoms with E-state index in [2.05, 4.69) is 29.0 Å². The monoisotopic (exact) mass is 1040 g/mol. The summed E-state index contributed by atoms with van der Waals surface area (Å²) < 4.78 is 61.0. The van der Waals surface area contributed by atoms with Crippen LogP contribution < -0.4 is 39.6 Å². The number of halogens is 3. The molecule has 0 unspecified atom stereocenters. The van der Waals surface area contributed by atoms with Crippen molar-refractivity contribution in [2.24, 2.45) is 0 Å². The number of benzene rings is 1. The molecule has 0 aliphatic carbocycles. The van der Waals surface area contributed by atoms with Gasteiger partial charge in [0.05, 0.1) is 25.4 Å². The number of hydrogen-bond acceptors (Lipinski definition) is 12. The number of pyridine rings is 2. The normalized spacial score (nSPS) is 19.3. The third kappa shape index (κ3) is 27.4. The maximum atomic E-state index is 14.7. The molecule has 7 rings (SSSR count). The van der Waals surface area contributed by atoms with E-state index in [4.69, 9.17) is 40.0 Å². The van der Waals surface area contributed by atoms with Gasteiger partial charge in [-0.05, 0) is 144 Å². The molecule has 2 amide bonds. The minimum Gasteiger partial charge on any atom is -0.850 e. The third-order valence-corrected chi connectivity index (χ3v) is 10.8. The molecule has 4 aliphatic rings. The summed E-state index contributed by atoms with van der Waals surface area (Å²) in [4.78, 5) is 37.1. The van der Waals surface area contributed by atoms with E-state index < -0.39 is 28.6 Å². The number of amides is 2. The molecule has 3 aromatic rings. The summed E-state index contributed by atoms with van der Waals surface area (Å²) in [5.74, 6) is -1.53. The summed E-state index contributed by atoms with van der Waals surface area (Å²) in [6, 6.07) is 13.2. The van der Waals surface area contributed by atoms with Crippen LogP contribution in [0, 0.1) is 18.6 Å². The van der Waals surface area contributed by atoms with Gasteiger partial charge < -0.3 is 48.2 Å². The number of piperazine rings is 1. The fraction of sp³-hybridized carbons (Fsp3) is 0.667. The van der Waals surface area contributed by atoms with Crippen LogP contribution in [0.4, 0.5) is 24.2 Å². The SMILES string of the molecule is CC(C)(C)OC(=O)N1CCCCC1.CC(C)(C)OC(=O)N1CCN(c2ncc(CC[C@H]3COC(C)(C)O3)cc2F)CC1.CC(C)(C)[O-].CC1(C)OC[C@H](CCc2cnc(Cl)c(F)c2)O1.Cc1ccccc1.[Na+]. The van der Waals surface area contributed by atoms with Crippen LogP contribution in [-0.4, -0.2) is 125 Å². The van der Waals surface area contributed by atoms with Crippen LogP contribution >= 0.6 is 11.6 Å². The van der Waals surface area contributed by atoms with Crippen molar-refractivity contribution >= 4 is 29.6 Å². The topological polar surface area (TPSA) is 148 Å². The summed E-state index contributed by atoms with van der Waals surface area (Å²) >= 11 is 5.51. The Labute approximate surface area is 456 Å². The minimum atomic E-state index is -0.750. The predicted octanol–water partition coefficient (Wildman–Crippen LogP) is 7.87. The number of nitrogens with zero attached hydrogens (tertiary/aromatic N) is 5. The van der Waals surface area contributed by atoms with Crippen LogP contribution in [0.15, 0.2) is 54.9 Å². The zero-order valence-electron chi connectivity index (χ0n) is 46.0. The van der Waals surface area contributed by atoms with Crippen molar-refractivity contribution in [1.29, 1.82) is 0 Å². The Balaban J connectivity index is 0.000000349. The van der Waals surface area contributed by atoms with Gasteiger partial charge >= 0.3 is 41.7 Å². The minimum absolute atomic E-state index is 0. The Morgan fingerprint density at radius 2 is 1.11 bits per heavy atom. The maximum Gasteiger partial charge on any atom is 1.00 e. The van der Waals surface area contributed by atoms with Gasteiger partial charge in [0, 0.05) is 51.7 Å². The molecule has 4 saturated heterocycles. The van der Waals surface area contributed by atoms with E-state index in [1.54, 1.807) is 49.0 Å². The number of aryl methyl sites for hydroxylation is 3. The quantitative estimate of drug-likeness (QED) is 0.168. The molecule has 2 aromatic heterocycles. The number of rotatable bonds is 7. The Morgan fingerprint density at radius 1 is 0.694 bits per heavy atom. The maximum absolute atomic E-state index is 14.7. The van der Waals surface area contributed by atoms with E-state index in [9.17, 15) is 23.5 Å². The number of carbonyl (C=O) groups excluding carboxylic acids is 2. The van der Waals surface area contributed by atoms with Crippen LogP contribution in [-0.2, 0) is 41.3 Å². The van der Waals surface area contributed by atoms with Crippen LogP contribution in [0.5, 0.6) is 0 Å². The number of carbonyl (C=O) groups is 2. The average molecular weight is 1040 g/mol. The molecular weight excluding hydrogens is 959 g/mol. The van der Waals surface area contributed by atoms with Crippen molar-refractivity contribution in [2.75, 3.05) is 57.4 Å². The molecule has 4 aliphatic heterocycles. The number of anilines is 1. The fourth-order valence-electron chi connectivity index (χ4n) is 7.27. The Hall–Kier alpha value is -3.19. The number of ether oxygens (including phenoxy) is 6. The van der Waals surface area contributed by atoms with Crippen molar-refractivity contribution in [3.63, 3.8) is 0 Å². The van der Waals surface area contributed by atoms with Crippen LogP contribution in [0.25, 0.3) is 0 Å². The molecule has 0 bridgehead atoms. The predicted molar refractivity (Wildman–Crippen MR) is 272 cm³/mol. The molecular formula is C54H83ClF2N5NaO9. The Kier molecular flexibility index (Phi) is 26.9. The number of likely N-dealkylation sites (tertiary alicyclic amines) is 1. The molecule has 4 fully saturated rings. The standard InChI is InChI=1S/C21H32FN3O4.C12H15ClFNO2.C10H19NO2.C7H8.C4H9O.Na/c1-20(2,3)29-19(26)25-10-8-24(9-11-25)18-17(22)12-15(13-23-18)6-7-16-14-27-21(4,5)28-16;1-12(2)16-7-9(17-12)4-3-8-5-10(14)11(13)15-6-8;1-10(2,3)13-9(12)11-7-5-4-6-8-11;1-7-5-3-2-4-6-7;1-4(2,3)5;/h12-13,16H,6-11,14H2,1-5H3;5-6,9H,3-4,7H2,1-2H3;4-8H2,1-3H3;2-6H,1H3;1-3H3;/q;;;;-1;+1/t16-;9-;;;;/m00..../s1. The molecule has 1 aromatic carbocycles. The molecule has 0 radical (unpaired) electrons. The molecule has 0 spiro atoms. The first-order valence-electron chi connectivity index (χ1n) is 24.9. The van der Waals surface area contributed by atoms with Gasteiger partial charge in [-0.15, -0.1) is 5.60 Å². The van der Waals surface area contributed by atoms with Crippen LogP contribution in [0.3, 0.4) is 0 Å². The first-order valence-corrected chi connectivity index (χ1v) is 25.3. The summed E-state index contributed by atoms with van der Waals surface area (Å²) in [5.41, 5.74) is 1.34. The third-order valence-electron chi connectivity index (χ3n) is 10.6. The smallest absolute Gasteiger partial charge is 0.850 e. The zero-order chi connectivity index (χ0) is 53.2. The largest absolute Gasteiger partial charge is 1.00 e. The van der Waals surface area contributed by atoms with E-state index in [1.807, 2.05) is 92.3 Å². The van der Waals surface area contributed by atoms with Crippen molar-refractivity contribution in [3.05, 3.63) is 88.3 Å². The molecule has 72 heavy (non-hydrogen) atoms. The van der Waals surface area contributed by atoms with E-state index >= 15 is 0 Å².